The summed E-state index contributed by atoms with van der Waals surface area (Å²) < 4.78 is 0. The Morgan fingerprint density at radius 3 is 2.09 bits per heavy atom. The summed E-state index contributed by atoms with van der Waals surface area (Å²) in [4.78, 5) is 30.4. The van der Waals surface area contributed by atoms with Crippen LogP contribution in [0.4, 0.5) is 0 Å². The first-order valence-corrected chi connectivity index (χ1v) is 10.9. The minimum atomic E-state index is -0.100. The van der Waals surface area contributed by atoms with Crippen LogP contribution < -0.4 is 5.32 Å². The van der Waals surface area contributed by atoms with Crippen molar-refractivity contribution in [3.63, 3.8) is 0 Å². The van der Waals surface area contributed by atoms with Crippen LogP contribution in [0, 0.1) is 11.3 Å². The molecule has 0 aliphatic heterocycles. The van der Waals surface area contributed by atoms with Gasteiger partial charge in [0.05, 0.1) is 33.7 Å². The van der Waals surface area contributed by atoms with E-state index in [1.54, 1.807) is 18.2 Å². The summed E-state index contributed by atoms with van der Waals surface area (Å²) in [5, 5.41) is 12.0. The van der Waals surface area contributed by atoms with Gasteiger partial charge in [-0.2, -0.15) is 5.26 Å². The minimum Gasteiger partial charge on any atom is -0.351 e. The van der Waals surface area contributed by atoms with E-state index in [-0.39, 0.29) is 5.91 Å². The molecule has 0 saturated carbocycles. The van der Waals surface area contributed by atoms with Gasteiger partial charge in [0.25, 0.3) is 5.91 Å². The van der Waals surface area contributed by atoms with Gasteiger partial charge in [-0.15, -0.1) is 0 Å². The minimum absolute atomic E-state index is 0.100. The second-order valence-corrected chi connectivity index (χ2v) is 8.38. The third-order valence-electron chi connectivity index (χ3n) is 5.63. The highest BCUT2D eigenvalue weighted by Crippen LogP contribution is 2.26. The maximum absolute atomic E-state index is 12.4. The molecule has 5 rings (SSSR count). The summed E-state index contributed by atoms with van der Waals surface area (Å²) >= 11 is 0. The molecule has 8 nitrogen and oxygen atoms in total. The van der Waals surface area contributed by atoms with Crippen molar-refractivity contribution in [3.05, 3.63) is 71.8 Å². The molecule has 0 aliphatic rings. The van der Waals surface area contributed by atoms with Gasteiger partial charge in [0, 0.05) is 29.8 Å². The van der Waals surface area contributed by atoms with Crippen molar-refractivity contribution in [2.75, 3.05) is 27.2 Å². The number of nitrogens with one attached hydrogen (secondary N) is 3. The molecule has 1 amide bonds. The third-order valence-corrected chi connectivity index (χ3v) is 5.63. The number of hydrogen-bond acceptors (Lipinski definition) is 5. The molecule has 0 unspecified atom stereocenters. The molecule has 2 aromatic heterocycles. The zero-order chi connectivity index (χ0) is 23.7. The number of hydrogen-bond donors (Lipinski definition) is 3. The van der Waals surface area contributed by atoms with Crippen LogP contribution in [0.5, 0.6) is 0 Å². The maximum Gasteiger partial charge on any atom is 0.251 e. The van der Waals surface area contributed by atoms with Gasteiger partial charge in [-0.05, 0) is 50.5 Å². The fraction of sp³-hybridized carbons (Fsp3) is 0.154. The van der Waals surface area contributed by atoms with Crippen LogP contribution >= 0.6 is 0 Å². The lowest BCUT2D eigenvalue weighted by Gasteiger charge is -2.10. The number of carbonyl (C=O) groups excluding carboxylic acids is 1. The second-order valence-electron chi connectivity index (χ2n) is 8.38. The molecule has 0 spiro atoms. The van der Waals surface area contributed by atoms with Crippen molar-refractivity contribution >= 4 is 28.0 Å². The molecule has 0 bridgehead atoms. The van der Waals surface area contributed by atoms with Crippen LogP contribution in [-0.4, -0.2) is 57.9 Å². The lowest BCUT2D eigenvalue weighted by Crippen LogP contribution is -2.31. The van der Waals surface area contributed by atoms with Gasteiger partial charge in [-0.1, -0.05) is 24.3 Å². The molecular weight excluding hydrogens is 426 g/mol. The Morgan fingerprint density at radius 1 is 0.912 bits per heavy atom. The zero-order valence-electron chi connectivity index (χ0n) is 18.9. The number of aromatic amines is 2. The number of benzene rings is 3. The first-order chi connectivity index (χ1) is 16.5. The highest BCUT2D eigenvalue weighted by atomic mass is 16.1. The molecule has 0 radical (unpaired) electrons. The van der Waals surface area contributed by atoms with Gasteiger partial charge < -0.3 is 20.2 Å². The quantitative estimate of drug-likeness (QED) is 0.363. The van der Waals surface area contributed by atoms with Crippen molar-refractivity contribution in [3.8, 4) is 28.8 Å². The van der Waals surface area contributed by atoms with Crippen molar-refractivity contribution < 1.29 is 4.79 Å². The van der Waals surface area contributed by atoms with Gasteiger partial charge in [-0.25, -0.2) is 9.97 Å². The summed E-state index contributed by atoms with van der Waals surface area (Å²) in [6.45, 7) is 1.38. The van der Waals surface area contributed by atoms with Gasteiger partial charge in [0.15, 0.2) is 0 Å². The molecule has 0 aliphatic carbocycles. The van der Waals surface area contributed by atoms with E-state index in [0.29, 0.717) is 17.7 Å². The molecule has 3 N–H and O–H groups in total. The SMILES string of the molecule is CN(C)CCNC(=O)c1ccc2nc(-c3ccc(-c4nc5ccc(C#N)cc5[nH]4)cc3)[nH]c2c1. The second kappa shape index (κ2) is 8.81. The standard InChI is InChI=1S/C26H23N7O/c1-33(2)12-11-28-26(34)19-8-10-21-23(14-19)32-25(30-21)18-6-4-17(5-7-18)24-29-20-9-3-16(15-27)13-22(20)31-24/h3-10,13-14H,11-12H2,1-2H3,(H,28,34)(H,29,31)(H,30,32). The molecule has 2 heterocycles. The first-order valence-electron chi connectivity index (χ1n) is 10.9. The molecule has 0 saturated heterocycles. The van der Waals surface area contributed by atoms with Crippen molar-refractivity contribution in [1.82, 2.24) is 30.2 Å². The third kappa shape index (κ3) is 4.25. The van der Waals surface area contributed by atoms with Gasteiger partial charge in [-0.3, -0.25) is 4.79 Å². The summed E-state index contributed by atoms with van der Waals surface area (Å²) in [5.74, 6) is 1.37. The van der Waals surface area contributed by atoms with Crippen LogP contribution in [-0.2, 0) is 0 Å². The Morgan fingerprint density at radius 2 is 1.50 bits per heavy atom. The summed E-state index contributed by atoms with van der Waals surface area (Å²) in [6.07, 6.45) is 0. The maximum atomic E-state index is 12.4. The highest BCUT2D eigenvalue weighted by Gasteiger charge is 2.11. The predicted molar refractivity (Wildman–Crippen MR) is 132 cm³/mol. The summed E-state index contributed by atoms with van der Waals surface area (Å²) in [7, 11) is 3.94. The van der Waals surface area contributed by atoms with E-state index in [1.165, 1.54) is 0 Å². The highest BCUT2D eigenvalue weighted by molar-refractivity contribution is 5.97. The van der Waals surface area contributed by atoms with E-state index in [2.05, 4.69) is 31.3 Å². The molecule has 0 fully saturated rings. The fourth-order valence-electron chi connectivity index (χ4n) is 3.78. The Bertz CT molecular complexity index is 1540. The van der Waals surface area contributed by atoms with Crippen molar-refractivity contribution in [1.29, 1.82) is 5.26 Å². The van der Waals surface area contributed by atoms with Crippen molar-refractivity contribution in [2.45, 2.75) is 0 Å². The van der Waals surface area contributed by atoms with Crippen LogP contribution in [0.15, 0.2) is 60.7 Å². The molecule has 5 aromatic rings. The van der Waals surface area contributed by atoms with E-state index in [9.17, 15) is 4.79 Å². The molecule has 3 aromatic carbocycles. The Kier molecular flexibility index (Phi) is 5.54. The number of imidazole rings is 2. The zero-order valence-corrected chi connectivity index (χ0v) is 18.9. The van der Waals surface area contributed by atoms with E-state index in [1.807, 2.05) is 61.5 Å². The molecule has 8 heteroatoms. The summed E-state index contributed by atoms with van der Waals surface area (Å²) in [6, 6.07) is 20.9. The van der Waals surface area contributed by atoms with Gasteiger partial charge >= 0.3 is 0 Å². The Labute approximate surface area is 196 Å². The largest absolute Gasteiger partial charge is 0.351 e. The van der Waals surface area contributed by atoms with E-state index < -0.39 is 0 Å². The molecule has 168 valence electrons. The lowest BCUT2D eigenvalue weighted by atomic mass is 10.1. The number of rotatable bonds is 6. The lowest BCUT2D eigenvalue weighted by molar-refractivity contribution is 0.0951. The summed E-state index contributed by atoms with van der Waals surface area (Å²) in [5.41, 5.74) is 6.32. The number of H-pyrrole nitrogens is 2. The number of amides is 1. The molecule has 0 atom stereocenters. The first kappa shape index (κ1) is 21.4. The normalized spacial score (nSPS) is 11.2. The van der Waals surface area contributed by atoms with E-state index >= 15 is 0 Å². The van der Waals surface area contributed by atoms with Crippen LogP contribution in [0.2, 0.25) is 0 Å². The molecule has 34 heavy (non-hydrogen) atoms. The topological polar surface area (TPSA) is 113 Å². The van der Waals surface area contributed by atoms with Crippen LogP contribution in [0.1, 0.15) is 15.9 Å². The van der Waals surface area contributed by atoms with Crippen LogP contribution in [0.3, 0.4) is 0 Å². The van der Waals surface area contributed by atoms with Crippen molar-refractivity contribution in [2.24, 2.45) is 0 Å². The fourth-order valence-corrected chi connectivity index (χ4v) is 3.78. The number of nitrogens with zero attached hydrogens (tertiary/aromatic N) is 4. The number of fused-ring (bicyclic) bond motifs is 2. The Balaban J connectivity index is 1.36. The monoisotopic (exact) mass is 449 g/mol. The smallest absolute Gasteiger partial charge is 0.251 e. The number of carbonyl (C=O) groups is 1. The number of nitriles is 1. The predicted octanol–water partition coefficient (Wildman–Crippen LogP) is 3.94. The average Bonchev–Trinajstić information content (AvgIpc) is 3.47. The van der Waals surface area contributed by atoms with Gasteiger partial charge in [0.2, 0.25) is 0 Å². The number of aromatic nitrogens is 4. The average molecular weight is 450 g/mol. The molecular formula is C26H23N7O. The Hall–Kier alpha value is -4.48. The van der Waals surface area contributed by atoms with E-state index in [0.717, 1.165) is 51.4 Å². The number of likely N-dealkylation sites (N-methyl/N-ethyl adjacent to an activating group) is 1. The van der Waals surface area contributed by atoms with Gasteiger partial charge in [0.1, 0.15) is 11.6 Å². The van der Waals surface area contributed by atoms with E-state index in [4.69, 9.17) is 5.26 Å². The van der Waals surface area contributed by atoms with Crippen LogP contribution in [0.25, 0.3) is 44.8 Å².